The molecule has 0 saturated heterocycles. The van der Waals surface area contributed by atoms with Crippen LogP contribution in [0.5, 0.6) is 0 Å². The van der Waals surface area contributed by atoms with Crippen LogP contribution in [0.15, 0.2) is 10.7 Å². The summed E-state index contributed by atoms with van der Waals surface area (Å²) in [5, 5.41) is 6.24. The summed E-state index contributed by atoms with van der Waals surface area (Å²) < 4.78 is 4.78. The van der Waals surface area contributed by atoms with Crippen molar-refractivity contribution in [1.29, 1.82) is 0 Å². The average Bonchev–Trinajstić information content (AvgIpc) is 2.37. The zero-order valence-corrected chi connectivity index (χ0v) is 7.26. The molecule has 0 aromatic carbocycles. The van der Waals surface area contributed by atoms with Crippen molar-refractivity contribution in [1.82, 2.24) is 5.16 Å². The van der Waals surface area contributed by atoms with Gasteiger partial charge in [-0.15, -0.1) is 0 Å². The van der Waals surface area contributed by atoms with Crippen LogP contribution >= 0.6 is 0 Å². The lowest BCUT2D eigenvalue weighted by Gasteiger charge is -1.99. The van der Waals surface area contributed by atoms with Gasteiger partial charge < -0.3 is 9.84 Å². The van der Waals surface area contributed by atoms with Crippen molar-refractivity contribution in [3.63, 3.8) is 0 Å². The average molecular weight is 168 g/mol. The largest absolute Gasteiger partial charge is 0.359 e. The molecule has 0 aliphatic heterocycles. The van der Waals surface area contributed by atoms with Crippen LogP contribution in [0, 0.1) is 6.92 Å². The fourth-order valence-corrected chi connectivity index (χ4v) is 0.858. The van der Waals surface area contributed by atoms with Crippen LogP contribution in [0.3, 0.4) is 0 Å². The fourth-order valence-electron chi connectivity index (χ4n) is 0.858. The smallest absolute Gasteiger partial charge is 0.224 e. The lowest BCUT2D eigenvalue weighted by Crippen LogP contribution is -2.10. The van der Waals surface area contributed by atoms with Crippen LogP contribution in [-0.4, -0.2) is 11.1 Å². The maximum atomic E-state index is 11.1. The van der Waals surface area contributed by atoms with Crippen LogP contribution in [0.25, 0.3) is 0 Å². The monoisotopic (exact) mass is 168 g/mol. The molecule has 0 bridgehead atoms. The highest BCUT2D eigenvalue weighted by Crippen LogP contribution is 2.12. The van der Waals surface area contributed by atoms with E-state index in [1.54, 1.807) is 6.92 Å². The Balaban J connectivity index is 2.52. The van der Waals surface area contributed by atoms with Gasteiger partial charge in [-0.2, -0.15) is 0 Å². The summed E-state index contributed by atoms with van der Waals surface area (Å²) in [5.41, 5.74) is 0.661. The van der Waals surface area contributed by atoms with E-state index in [1.165, 1.54) is 6.20 Å². The first kappa shape index (κ1) is 8.77. The Morgan fingerprint density at radius 2 is 2.50 bits per heavy atom. The molecule has 4 heteroatoms. The maximum absolute atomic E-state index is 11.1. The molecule has 0 spiro atoms. The highest BCUT2D eigenvalue weighted by Gasteiger charge is 2.05. The Morgan fingerprint density at radius 1 is 1.75 bits per heavy atom. The van der Waals surface area contributed by atoms with E-state index in [9.17, 15) is 4.79 Å². The molecule has 0 atom stereocenters. The van der Waals surface area contributed by atoms with Crippen LogP contribution in [0.1, 0.15) is 25.5 Å². The number of carbonyl (C=O) groups excluding carboxylic acids is 1. The highest BCUT2D eigenvalue weighted by atomic mass is 16.5. The molecule has 1 N–H and O–H groups in total. The predicted octanol–water partition coefficient (Wildman–Crippen LogP) is 1.72. The van der Waals surface area contributed by atoms with E-state index in [1.807, 2.05) is 6.92 Å². The third-order valence-electron chi connectivity index (χ3n) is 1.50. The van der Waals surface area contributed by atoms with E-state index in [0.29, 0.717) is 17.9 Å². The van der Waals surface area contributed by atoms with Crippen molar-refractivity contribution in [2.24, 2.45) is 0 Å². The van der Waals surface area contributed by atoms with E-state index in [0.717, 1.165) is 6.42 Å². The van der Waals surface area contributed by atoms with Crippen molar-refractivity contribution in [2.75, 3.05) is 5.32 Å². The Hall–Kier alpha value is -1.32. The number of nitrogens with one attached hydrogen (secondary N) is 1. The minimum absolute atomic E-state index is 0.00352. The van der Waals surface area contributed by atoms with E-state index in [-0.39, 0.29) is 5.91 Å². The van der Waals surface area contributed by atoms with Gasteiger partial charge in [-0.3, -0.25) is 4.79 Å². The number of rotatable bonds is 3. The van der Waals surface area contributed by atoms with Crippen LogP contribution < -0.4 is 5.32 Å². The van der Waals surface area contributed by atoms with Gasteiger partial charge in [-0.1, -0.05) is 12.1 Å². The first-order valence-electron chi connectivity index (χ1n) is 3.95. The molecular weight excluding hydrogens is 156 g/mol. The van der Waals surface area contributed by atoms with Crippen molar-refractivity contribution in [3.05, 3.63) is 12.0 Å². The Bertz CT molecular complexity index is 268. The molecular formula is C8H12N2O2. The van der Waals surface area contributed by atoms with E-state index in [2.05, 4.69) is 10.5 Å². The summed E-state index contributed by atoms with van der Waals surface area (Å²) >= 11 is 0. The van der Waals surface area contributed by atoms with Crippen molar-refractivity contribution in [2.45, 2.75) is 26.7 Å². The summed E-state index contributed by atoms with van der Waals surface area (Å²) in [6, 6.07) is 0. The lowest BCUT2D eigenvalue weighted by atomic mass is 10.3. The topological polar surface area (TPSA) is 55.1 Å². The Labute approximate surface area is 70.9 Å². The SMILES string of the molecule is CCCC(=O)Nc1cnoc1C. The standard InChI is InChI=1S/C8H12N2O2/c1-3-4-8(11)10-7-5-9-12-6(7)2/h5H,3-4H2,1-2H3,(H,10,11). The van der Waals surface area contributed by atoms with E-state index < -0.39 is 0 Å². The Morgan fingerprint density at radius 3 is 3.00 bits per heavy atom. The lowest BCUT2D eigenvalue weighted by molar-refractivity contribution is -0.116. The number of aryl methyl sites for hydroxylation is 1. The third-order valence-corrected chi connectivity index (χ3v) is 1.50. The van der Waals surface area contributed by atoms with Gasteiger partial charge in [0.1, 0.15) is 5.69 Å². The van der Waals surface area contributed by atoms with Gasteiger partial charge in [0.05, 0.1) is 6.20 Å². The number of anilines is 1. The normalized spacial score (nSPS) is 9.83. The van der Waals surface area contributed by atoms with Gasteiger partial charge in [0, 0.05) is 6.42 Å². The molecule has 4 nitrogen and oxygen atoms in total. The van der Waals surface area contributed by atoms with Crippen LogP contribution in [-0.2, 0) is 4.79 Å². The van der Waals surface area contributed by atoms with E-state index in [4.69, 9.17) is 4.52 Å². The summed E-state index contributed by atoms with van der Waals surface area (Å²) in [6.07, 6.45) is 2.88. The summed E-state index contributed by atoms with van der Waals surface area (Å²) in [4.78, 5) is 11.1. The molecule has 0 aliphatic carbocycles. The number of carbonyl (C=O) groups is 1. The second-order valence-corrected chi connectivity index (χ2v) is 2.59. The van der Waals surface area contributed by atoms with Crippen molar-refractivity contribution >= 4 is 11.6 Å². The summed E-state index contributed by atoms with van der Waals surface area (Å²) in [5.74, 6) is 0.642. The highest BCUT2D eigenvalue weighted by molar-refractivity contribution is 5.90. The first-order valence-corrected chi connectivity index (χ1v) is 3.95. The number of aromatic nitrogens is 1. The van der Waals surface area contributed by atoms with Gasteiger partial charge >= 0.3 is 0 Å². The predicted molar refractivity (Wildman–Crippen MR) is 44.8 cm³/mol. The Kier molecular flexibility index (Phi) is 2.85. The van der Waals surface area contributed by atoms with Crippen molar-refractivity contribution < 1.29 is 9.32 Å². The molecule has 1 amide bonds. The molecule has 1 aromatic rings. The number of hydrogen-bond acceptors (Lipinski definition) is 3. The molecule has 1 aromatic heterocycles. The summed E-state index contributed by atoms with van der Waals surface area (Å²) in [6.45, 7) is 3.72. The van der Waals surface area contributed by atoms with Crippen LogP contribution in [0.4, 0.5) is 5.69 Å². The van der Waals surface area contributed by atoms with Crippen molar-refractivity contribution in [3.8, 4) is 0 Å². The molecule has 0 unspecified atom stereocenters. The zero-order chi connectivity index (χ0) is 8.97. The number of nitrogens with zero attached hydrogens (tertiary/aromatic N) is 1. The quantitative estimate of drug-likeness (QED) is 0.747. The van der Waals surface area contributed by atoms with Gasteiger partial charge in [-0.05, 0) is 13.3 Å². The van der Waals surface area contributed by atoms with E-state index >= 15 is 0 Å². The van der Waals surface area contributed by atoms with Gasteiger partial charge in [0.25, 0.3) is 0 Å². The summed E-state index contributed by atoms with van der Waals surface area (Å²) in [7, 11) is 0. The second kappa shape index (κ2) is 3.90. The molecule has 0 radical (unpaired) electrons. The second-order valence-electron chi connectivity index (χ2n) is 2.59. The molecule has 0 saturated carbocycles. The molecule has 0 aliphatic rings. The minimum atomic E-state index is 0.00352. The van der Waals surface area contributed by atoms with Gasteiger partial charge in [-0.25, -0.2) is 0 Å². The number of amides is 1. The minimum Gasteiger partial charge on any atom is -0.359 e. The molecule has 66 valence electrons. The van der Waals surface area contributed by atoms with Gasteiger partial charge in [0.2, 0.25) is 5.91 Å². The van der Waals surface area contributed by atoms with Crippen LogP contribution in [0.2, 0.25) is 0 Å². The van der Waals surface area contributed by atoms with Gasteiger partial charge in [0.15, 0.2) is 5.76 Å². The third kappa shape index (κ3) is 2.08. The molecule has 12 heavy (non-hydrogen) atoms. The fraction of sp³-hybridized carbons (Fsp3) is 0.500. The molecule has 1 rings (SSSR count). The number of hydrogen-bond donors (Lipinski definition) is 1. The first-order chi connectivity index (χ1) is 5.74. The molecule has 0 fully saturated rings. The molecule has 1 heterocycles. The zero-order valence-electron chi connectivity index (χ0n) is 7.26. The maximum Gasteiger partial charge on any atom is 0.224 e.